The van der Waals surface area contributed by atoms with E-state index in [0.717, 1.165) is 0 Å². The predicted molar refractivity (Wildman–Crippen MR) is 117 cm³/mol. The molecule has 2 aliphatic heterocycles. The van der Waals surface area contributed by atoms with E-state index in [4.69, 9.17) is 0 Å². The van der Waals surface area contributed by atoms with Crippen molar-refractivity contribution in [3.05, 3.63) is 65.0 Å². The van der Waals surface area contributed by atoms with Gasteiger partial charge in [0.05, 0.1) is 11.1 Å². The van der Waals surface area contributed by atoms with Gasteiger partial charge in [-0.1, -0.05) is 13.8 Å². The van der Waals surface area contributed by atoms with Gasteiger partial charge in [0.25, 0.3) is 23.6 Å². The zero-order chi connectivity index (χ0) is 22.8. The van der Waals surface area contributed by atoms with E-state index >= 15 is 0 Å². The smallest absolute Gasteiger partial charge is 0.261 e. The Morgan fingerprint density at radius 3 is 2.31 bits per heavy atom. The lowest BCUT2D eigenvalue weighted by Gasteiger charge is -2.32. The minimum absolute atomic E-state index is 0.0106. The summed E-state index contributed by atoms with van der Waals surface area (Å²) in [6.45, 7) is 5.25. The minimum Gasteiger partial charge on any atom is -0.349 e. The van der Waals surface area contributed by atoms with Crippen molar-refractivity contribution in [2.75, 3.05) is 19.6 Å². The van der Waals surface area contributed by atoms with Gasteiger partial charge in [0, 0.05) is 49.2 Å². The maximum absolute atomic E-state index is 13.0. The summed E-state index contributed by atoms with van der Waals surface area (Å²) in [4.78, 5) is 57.5. The van der Waals surface area contributed by atoms with Crippen LogP contribution in [0.2, 0.25) is 0 Å². The van der Waals surface area contributed by atoms with Crippen LogP contribution in [0.3, 0.4) is 0 Å². The number of amides is 4. The van der Waals surface area contributed by atoms with E-state index in [-0.39, 0.29) is 35.6 Å². The second-order valence-electron chi connectivity index (χ2n) is 8.65. The molecule has 0 saturated carbocycles. The molecule has 3 heterocycles. The number of carbonyl (C=O) groups is 4. The third kappa shape index (κ3) is 4.26. The molecule has 166 valence electrons. The lowest BCUT2D eigenvalue weighted by Crippen LogP contribution is -2.46. The number of nitrogens with zero attached hydrogens (tertiary/aromatic N) is 3. The zero-order valence-electron chi connectivity index (χ0n) is 18.2. The molecule has 2 aliphatic rings. The number of benzene rings is 1. The Morgan fingerprint density at radius 1 is 1.00 bits per heavy atom. The molecular formula is C24H26N4O4. The average molecular weight is 434 g/mol. The van der Waals surface area contributed by atoms with Gasteiger partial charge in [0.1, 0.15) is 0 Å². The minimum atomic E-state index is -0.342. The molecule has 8 heteroatoms. The largest absolute Gasteiger partial charge is 0.349 e. The first-order valence-electron chi connectivity index (χ1n) is 10.9. The first-order chi connectivity index (χ1) is 15.3. The van der Waals surface area contributed by atoms with Crippen LogP contribution in [0, 0.1) is 5.92 Å². The molecule has 4 amide bonds. The Labute approximate surface area is 186 Å². The molecule has 0 atom stereocenters. The summed E-state index contributed by atoms with van der Waals surface area (Å²) in [5.41, 5.74) is 1.60. The van der Waals surface area contributed by atoms with Gasteiger partial charge >= 0.3 is 0 Å². The van der Waals surface area contributed by atoms with Crippen LogP contribution < -0.4 is 5.32 Å². The van der Waals surface area contributed by atoms with Gasteiger partial charge in [-0.05, 0) is 49.1 Å². The number of fused-ring (bicyclic) bond motifs is 1. The highest BCUT2D eigenvalue weighted by molar-refractivity contribution is 6.22. The maximum Gasteiger partial charge on any atom is 0.261 e. The average Bonchev–Trinajstić information content (AvgIpc) is 3.03. The van der Waals surface area contributed by atoms with Crippen molar-refractivity contribution < 1.29 is 19.2 Å². The number of rotatable bonds is 5. The molecule has 32 heavy (non-hydrogen) atoms. The summed E-state index contributed by atoms with van der Waals surface area (Å²) in [5.74, 6) is -0.799. The van der Waals surface area contributed by atoms with Crippen molar-refractivity contribution in [1.82, 2.24) is 20.1 Å². The molecule has 1 N–H and O–H groups in total. The standard InChI is InChI=1S/C24H26N4O4/c1-15(2)14-28-23(31)19-4-3-17(13-20(19)24(28)32)22(30)27-11-7-18(8-12-27)26-21(29)16-5-9-25-10-6-16/h3-6,9-10,13,15,18H,7-8,11-12,14H2,1-2H3,(H,26,29). The highest BCUT2D eigenvalue weighted by Crippen LogP contribution is 2.26. The number of nitrogens with one attached hydrogen (secondary N) is 1. The van der Waals surface area contributed by atoms with Crippen molar-refractivity contribution >= 4 is 23.6 Å². The molecule has 1 saturated heterocycles. The van der Waals surface area contributed by atoms with Gasteiger partial charge in [-0.3, -0.25) is 29.1 Å². The van der Waals surface area contributed by atoms with Gasteiger partial charge in [0.2, 0.25) is 0 Å². The molecule has 0 unspecified atom stereocenters. The zero-order valence-corrected chi connectivity index (χ0v) is 18.2. The summed E-state index contributed by atoms with van der Waals surface area (Å²) in [6, 6.07) is 8.04. The topological polar surface area (TPSA) is 99.7 Å². The number of likely N-dealkylation sites (tertiary alicyclic amines) is 1. The van der Waals surface area contributed by atoms with Crippen molar-refractivity contribution in [2.24, 2.45) is 5.92 Å². The first-order valence-corrected chi connectivity index (χ1v) is 10.9. The summed E-state index contributed by atoms with van der Waals surface area (Å²) in [5, 5.41) is 3.01. The lowest BCUT2D eigenvalue weighted by atomic mass is 10.0. The number of hydrogen-bond donors (Lipinski definition) is 1. The third-order valence-corrected chi connectivity index (χ3v) is 5.83. The van der Waals surface area contributed by atoms with Crippen LogP contribution in [0.25, 0.3) is 0 Å². The maximum atomic E-state index is 13.0. The van der Waals surface area contributed by atoms with E-state index in [9.17, 15) is 19.2 Å². The summed E-state index contributed by atoms with van der Waals surface area (Å²) in [6.07, 6.45) is 4.44. The number of imide groups is 1. The summed E-state index contributed by atoms with van der Waals surface area (Å²) >= 11 is 0. The number of pyridine rings is 1. The van der Waals surface area contributed by atoms with Crippen LogP contribution in [0.1, 0.15) is 68.1 Å². The molecule has 1 aromatic carbocycles. The molecular weight excluding hydrogens is 408 g/mol. The molecule has 1 aromatic heterocycles. The van der Waals surface area contributed by atoms with E-state index in [0.29, 0.717) is 54.7 Å². The molecule has 8 nitrogen and oxygen atoms in total. The van der Waals surface area contributed by atoms with Crippen LogP contribution in [0.4, 0.5) is 0 Å². The van der Waals surface area contributed by atoms with E-state index in [2.05, 4.69) is 10.3 Å². The van der Waals surface area contributed by atoms with Crippen LogP contribution in [-0.4, -0.2) is 64.1 Å². The highest BCUT2D eigenvalue weighted by Gasteiger charge is 2.36. The monoisotopic (exact) mass is 434 g/mol. The molecule has 0 bridgehead atoms. The van der Waals surface area contributed by atoms with Gasteiger partial charge in [-0.25, -0.2) is 0 Å². The SMILES string of the molecule is CC(C)CN1C(=O)c2ccc(C(=O)N3CCC(NC(=O)c4ccncc4)CC3)cc2C1=O. The van der Waals surface area contributed by atoms with Gasteiger partial charge in [-0.15, -0.1) is 0 Å². The number of hydrogen-bond acceptors (Lipinski definition) is 5. The van der Waals surface area contributed by atoms with Crippen LogP contribution in [0.15, 0.2) is 42.7 Å². The Balaban J connectivity index is 1.38. The van der Waals surface area contributed by atoms with Crippen LogP contribution in [-0.2, 0) is 0 Å². The lowest BCUT2D eigenvalue weighted by molar-refractivity contribution is 0.0634. The third-order valence-electron chi connectivity index (χ3n) is 5.83. The number of aromatic nitrogens is 1. The van der Waals surface area contributed by atoms with Gasteiger partial charge in [0.15, 0.2) is 0 Å². The highest BCUT2D eigenvalue weighted by atomic mass is 16.2. The van der Waals surface area contributed by atoms with Crippen molar-refractivity contribution in [2.45, 2.75) is 32.7 Å². The van der Waals surface area contributed by atoms with Crippen molar-refractivity contribution in [3.63, 3.8) is 0 Å². The van der Waals surface area contributed by atoms with Crippen molar-refractivity contribution in [1.29, 1.82) is 0 Å². The molecule has 0 radical (unpaired) electrons. The molecule has 1 fully saturated rings. The molecule has 0 aliphatic carbocycles. The van der Waals surface area contributed by atoms with Crippen LogP contribution >= 0.6 is 0 Å². The van der Waals surface area contributed by atoms with Gasteiger partial charge < -0.3 is 10.2 Å². The fourth-order valence-electron chi connectivity index (χ4n) is 4.14. The Bertz CT molecular complexity index is 1060. The normalized spacial score (nSPS) is 16.5. The van der Waals surface area contributed by atoms with E-state index in [1.807, 2.05) is 13.8 Å². The van der Waals surface area contributed by atoms with E-state index < -0.39 is 0 Å². The van der Waals surface area contributed by atoms with E-state index in [1.54, 1.807) is 41.6 Å². The fourth-order valence-corrected chi connectivity index (χ4v) is 4.14. The second-order valence-corrected chi connectivity index (χ2v) is 8.65. The fraction of sp³-hybridized carbons (Fsp3) is 0.375. The summed E-state index contributed by atoms with van der Waals surface area (Å²) < 4.78 is 0. The molecule has 4 rings (SSSR count). The quantitative estimate of drug-likeness (QED) is 0.729. The second kappa shape index (κ2) is 8.90. The first kappa shape index (κ1) is 21.7. The molecule has 0 spiro atoms. The Kier molecular flexibility index (Phi) is 6.03. The van der Waals surface area contributed by atoms with E-state index in [1.165, 1.54) is 11.0 Å². The van der Waals surface area contributed by atoms with Crippen LogP contribution in [0.5, 0.6) is 0 Å². The Hall–Kier alpha value is -3.55. The van der Waals surface area contributed by atoms with Gasteiger partial charge in [-0.2, -0.15) is 0 Å². The number of piperidine rings is 1. The Morgan fingerprint density at radius 2 is 1.66 bits per heavy atom. The molecule has 2 aromatic rings. The van der Waals surface area contributed by atoms with Crippen molar-refractivity contribution in [3.8, 4) is 0 Å². The summed E-state index contributed by atoms with van der Waals surface area (Å²) in [7, 11) is 0. The number of carbonyl (C=O) groups excluding carboxylic acids is 4. The predicted octanol–water partition coefficient (Wildman–Crippen LogP) is 2.37.